The van der Waals surface area contributed by atoms with Crippen LogP contribution < -0.4 is 0 Å². The Kier molecular flexibility index (Phi) is 3.50. The topological polar surface area (TPSA) is 21.7 Å². The van der Waals surface area contributed by atoms with Crippen molar-refractivity contribution in [2.45, 2.75) is 31.6 Å². The van der Waals surface area contributed by atoms with Gasteiger partial charge in [0, 0.05) is 27.2 Å². The summed E-state index contributed by atoms with van der Waals surface area (Å²) in [6.07, 6.45) is 4.67. The molecule has 72 valence electrons. The van der Waals surface area contributed by atoms with Gasteiger partial charge >= 0.3 is 0 Å². The maximum atomic E-state index is 5.42. The van der Waals surface area contributed by atoms with E-state index in [9.17, 15) is 0 Å². The van der Waals surface area contributed by atoms with Gasteiger partial charge in [-0.25, -0.2) is 0 Å². The molecule has 0 spiro atoms. The van der Waals surface area contributed by atoms with Crippen LogP contribution in [0.25, 0.3) is 0 Å². The number of ether oxygens (including phenoxy) is 2. The van der Waals surface area contributed by atoms with E-state index in [0.29, 0.717) is 0 Å². The Bertz CT molecular complexity index is 134. The Balaban J connectivity index is 2.66. The number of nitrogens with zero attached hydrogens (tertiary/aromatic N) is 1. The molecule has 12 heavy (non-hydrogen) atoms. The zero-order valence-corrected chi connectivity index (χ0v) is 8.30. The van der Waals surface area contributed by atoms with Crippen LogP contribution in [0.4, 0.5) is 0 Å². The van der Waals surface area contributed by atoms with Crippen molar-refractivity contribution < 1.29 is 9.47 Å². The van der Waals surface area contributed by atoms with Crippen molar-refractivity contribution in [3.63, 3.8) is 0 Å². The first-order chi connectivity index (χ1) is 5.75. The smallest absolute Gasteiger partial charge is 0.229 e. The minimum atomic E-state index is -0.462. The van der Waals surface area contributed by atoms with Crippen LogP contribution in [0, 0.1) is 0 Å². The Morgan fingerprint density at radius 2 is 1.75 bits per heavy atom. The molecule has 0 aromatic heterocycles. The van der Waals surface area contributed by atoms with Crippen molar-refractivity contribution in [3.05, 3.63) is 0 Å². The van der Waals surface area contributed by atoms with Crippen LogP contribution in [0.1, 0.15) is 25.7 Å². The molecule has 1 aliphatic rings. The van der Waals surface area contributed by atoms with Gasteiger partial charge < -0.3 is 9.47 Å². The maximum absolute atomic E-state index is 5.42. The third kappa shape index (κ3) is 1.79. The van der Waals surface area contributed by atoms with Gasteiger partial charge in [-0.15, -0.1) is 0 Å². The molecule has 0 aliphatic carbocycles. The maximum Gasteiger partial charge on any atom is 0.229 e. The summed E-state index contributed by atoms with van der Waals surface area (Å²) in [7, 11) is 5.48. The first kappa shape index (κ1) is 9.96. The van der Waals surface area contributed by atoms with E-state index in [-0.39, 0.29) is 0 Å². The third-order valence-electron chi connectivity index (χ3n) is 2.71. The summed E-state index contributed by atoms with van der Waals surface area (Å²) in [6, 6.07) is 0. The summed E-state index contributed by atoms with van der Waals surface area (Å²) in [6.45, 7) is 1.06. The highest BCUT2D eigenvalue weighted by Gasteiger charge is 2.35. The standard InChI is InChI=1S/C9H19NO2/c1-10-8-6-4-5-7-9(10,11-2)12-3/h4-8H2,1-3H3. The van der Waals surface area contributed by atoms with Crippen LogP contribution in [0.15, 0.2) is 0 Å². The molecule has 1 rings (SSSR count). The van der Waals surface area contributed by atoms with Gasteiger partial charge in [0.2, 0.25) is 5.91 Å². The molecule has 3 heteroatoms. The van der Waals surface area contributed by atoms with Crippen LogP contribution in [-0.2, 0) is 9.47 Å². The van der Waals surface area contributed by atoms with Crippen molar-refractivity contribution in [1.82, 2.24) is 4.90 Å². The predicted octanol–water partition coefficient (Wildman–Crippen LogP) is 1.44. The number of methoxy groups -OCH3 is 2. The Morgan fingerprint density at radius 1 is 1.08 bits per heavy atom. The molecule has 0 bridgehead atoms. The van der Waals surface area contributed by atoms with E-state index in [4.69, 9.17) is 9.47 Å². The second-order valence-corrected chi connectivity index (χ2v) is 3.35. The van der Waals surface area contributed by atoms with Gasteiger partial charge in [0.15, 0.2) is 0 Å². The van der Waals surface area contributed by atoms with Gasteiger partial charge in [-0.3, -0.25) is 4.90 Å². The Morgan fingerprint density at radius 3 is 2.33 bits per heavy atom. The summed E-state index contributed by atoms with van der Waals surface area (Å²) in [5, 5.41) is 0. The fraction of sp³-hybridized carbons (Fsp3) is 1.00. The highest BCUT2D eigenvalue weighted by molar-refractivity contribution is 4.72. The van der Waals surface area contributed by atoms with Crippen LogP contribution in [0.5, 0.6) is 0 Å². The quantitative estimate of drug-likeness (QED) is 0.590. The van der Waals surface area contributed by atoms with E-state index in [2.05, 4.69) is 11.9 Å². The average molecular weight is 173 g/mol. The first-order valence-corrected chi connectivity index (χ1v) is 4.57. The summed E-state index contributed by atoms with van der Waals surface area (Å²) < 4.78 is 10.8. The number of hydrogen-bond acceptors (Lipinski definition) is 3. The minimum Gasteiger partial charge on any atom is -0.341 e. The number of likely N-dealkylation sites (tertiary alicyclic amines) is 1. The Labute approximate surface area is 74.6 Å². The highest BCUT2D eigenvalue weighted by Crippen LogP contribution is 2.26. The van der Waals surface area contributed by atoms with Gasteiger partial charge in [0.25, 0.3) is 0 Å². The zero-order valence-electron chi connectivity index (χ0n) is 8.30. The van der Waals surface area contributed by atoms with Gasteiger partial charge in [-0.05, 0) is 19.9 Å². The molecule has 0 atom stereocenters. The minimum absolute atomic E-state index is 0.462. The van der Waals surface area contributed by atoms with Crippen molar-refractivity contribution >= 4 is 0 Å². The molecule has 3 nitrogen and oxygen atoms in total. The molecule has 0 unspecified atom stereocenters. The van der Waals surface area contributed by atoms with Crippen molar-refractivity contribution in [3.8, 4) is 0 Å². The summed E-state index contributed by atoms with van der Waals surface area (Å²) in [5.74, 6) is -0.462. The molecule has 0 amide bonds. The predicted molar refractivity (Wildman–Crippen MR) is 47.8 cm³/mol. The lowest BCUT2D eigenvalue weighted by molar-refractivity contribution is -0.289. The molecule has 0 aromatic rings. The second kappa shape index (κ2) is 4.21. The summed E-state index contributed by atoms with van der Waals surface area (Å²) >= 11 is 0. The van der Waals surface area contributed by atoms with E-state index < -0.39 is 5.91 Å². The van der Waals surface area contributed by atoms with Crippen LogP contribution in [0.2, 0.25) is 0 Å². The van der Waals surface area contributed by atoms with Crippen LogP contribution in [-0.4, -0.2) is 38.6 Å². The van der Waals surface area contributed by atoms with Gasteiger partial charge in [0.1, 0.15) is 0 Å². The highest BCUT2D eigenvalue weighted by atomic mass is 16.7. The second-order valence-electron chi connectivity index (χ2n) is 3.35. The van der Waals surface area contributed by atoms with Crippen LogP contribution >= 0.6 is 0 Å². The Hall–Kier alpha value is -0.120. The largest absolute Gasteiger partial charge is 0.341 e. The van der Waals surface area contributed by atoms with Crippen molar-refractivity contribution in [2.24, 2.45) is 0 Å². The summed E-state index contributed by atoms with van der Waals surface area (Å²) in [5.41, 5.74) is 0. The molecular formula is C9H19NO2. The van der Waals surface area contributed by atoms with E-state index in [1.807, 2.05) is 0 Å². The fourth-order valence-electron chi connectivity index (χ4n) is 1.83. The zero-order chi connectivity index (χ0) is 9.03. The van der Waals surface area contributed by atoms with Gasteiger partial charge in [0.05, 0.1) is 0 Å². The lowest BCUT2D eigenvalue weighted by atomic mass is 10.2. The molecule has 1 saturated heterocycles. The van der Waals surface area contributed by atoms with Crippen molar-refractivity contribution in [1.29, 1.82) is 0 Å². The third-order valence-corrected chi connectivity index (χ3v) is 2.71. The first-order valence-electron chi connectivity index (χ1n) is 4.57. The van der Waals surface area contributed by atoms with Gasteiger partial charge in [-0.2, -0.15) is 0 Å². The van der Waals surface area contributed by atoms with E-state index in [0.717, 1.165) is 13.0 Å². The molecule has 0 saturated carbocycles. The average Bonchev–Trinajstić information content (AvgIpc) is 2.28. The SMILES string of the molecule is COC1(OC)CCCCCN1C. The van der Waals surface area contributed by atoms with Crippen LogP contribution in [0.3, 0.4) is 0 Å². The number of hydrogen-bond donors (Lipinski definition) is 0. The number of rotatable bonds is 2. The lowest BCUT2D eigenvalue weighted by Crippen LogP contribution is -2.49. The summed E-state index contributed by atoms with van der Waals surface area (Å²) in [4.78, 5) is 2.15. The van der Waals surface area contributed by atoms with E-state index in [1.54, 1.807) is 14.2 Å². The van der Waals surface area contributed by atoms with Gasteiger partial charge in [-0.1, -0.05) is 6.42 Å². The van der Waals surface area contributed by atoms with Crippen molar-refractivity contribution in [2.75, 3.05) is 27.8 Å². The molecular weight excluding hydrogens is 154 g/mol. The normalized spacial score (nSPS) is 25.2. The fourth-order valence-corrected chi connectivity index (χ4v) is 1.83. The molecule has 1 heterocycles. The molecule has 0 N–H and O–H groups in total. The molecule has 1 fully saturated rings. The monoisotopic (exact) mass is 173 g/mol. The molecule has 0 radical (unpaired) electrons. The lowest BCUT2D eigenvalue weighted by Gasteiger charge is -2.37. The van der Waals surface area contributed by atoms with E-state index in [1.165, 1.54) is 19.3 Å². The molecule has 1 aliphatic heterocycles. The van der Waals surface area contributed by atoms with E-state index >= 15 is 0 Å². The molecule has 0 aromatic carbocycles.